The first kappa shape index (κ1) is 32.8. The Morgan fingerprint density at radius 2 is 1.14 bits per heavy atom. The molecule has 15 nitrogen and oxygen atoms in total. The first-order valence-corrected chi connectivity index (χ1v) is 15.8. The predicted octanol–water partition coefficient (Wildman–Crippen LogP) is -0.265. The summed E-state index contributed by atoms with van der Waals surface area (Å²) in [4.78, 5) is 12.6. The quantitative estimate of drug-likeness (QED) is 0.103. The van der Waals surface area contributed by atoms with Crippen molar-refractivity contribution in [2.75, 3.05) is 50.2 Å². The molecule has 0 saturated heterocycles. The van der Waals surface area contributed by atoms with Gasteiger partial charge in [-0.05, 0) is 44.4 Å². The van der Waals surface area contributed by atoms with Crippen molar-refractivity contribution in [1.82, 2.24) is 5.32 Å². The Balaban J connectivity index is 3.24. The molecular weight excluding hydrogens is 560 g/mol. The lowest BCUT2D eigenvalue weighted by molar-refractivity contribution is 0.0952. The highest BCUT2D eigenvalue weighted by Gasteiger charge is 2.20. The van der Waals surface area contributed by atoms with Crippen LogP contribution in [-0.4, -0.2) is 95.0 Å². The minimum absolute atomic E-state index is 0.0388. The number of benzene rings is 1. The van der Waals surface area contributed by atoms with Crippen molar-refractivity contribution < 1.29 is 57.9 Å². The smallest absolute Gasteiger partial charge is 0.264 e. The molecule has 0 saturated carbocycles. The van der Waals surface area contributed by atoms with E-state index in [1.165, 1.54) is 12.1 Å². The highest BCUT2D eigenvalue weighted by Crippen LogP contribution is 2.39. The highest BCUT2D eigenvalue weighted by atomic mass is 32.2. The van der Waals surface area contributed by atoms with E-state index in [1.807, 2.05) is 0 Å². The first-order valence-electron chi connectivity index (χ1n) is 11.0. The molecule has 1 aromatic carbocycles. The number of nitrogens with one attached hydrogen (secondary N) is 1. The third-order valence-electron chi connectivity index (χ3n) is 4.35. The van der Waals surface area contributed by atoms with Crippen LogP contribution in [-0.2, 0) is 30.4 Å². The zero-order valence-electron chi connectivity index (χ0n) is 19.9. The molecule has 0 aliphatic heterocycles. The van der Waals surface area contributed by atoms with Crippen molar-refractivity contribution in [3.05, 3.63) is 17.7 Å². The van der Waals surface area contributed by atoms with E-state index in [1.54, 1.807) is 0 Å². The number of amides is 1. The van der Waals surface area contributed by atoms with Gasteiger partial charge in [-0.1, -0.05) is 0 Å². The molecule has 0 spiro atoms. The number of carbonyl (C=O) groups excluding carboxylic acids is 1. The second-order valence-electron chi connectivity index (χ2n) is 7.66. The van der Waals surface area contributed by atoms with Gasteiger partial charge in [0, 0.05) is 12.1 Å². The number of nitrogens with two attached hydrogens (primary N) is 1. The predicted molar refractivity (Wildman–Crippen MR) is 132 cm³/mol. The van der Waals surface area contributed by atoms with Crippen LogP contribution in [0.15, 0.2) is 12.1 Å². The molecule has 37 heavy (non-hydrogen) atoms. The molecule has 1 amide bonds. The van der Waals surface area contributed by atoms with Gasteiger partial charge in [-0.25, -0.2) is 0 Å². The molecule has 6 N–H and O–H groups in total. The molecule has 18 heteroatoms. The summed E-state index contributed by atoms with van der Waals surface area (Å²) in [5.41, 5.74) is 5.46. The van der Waals surface area contributed by atoms with Crippen LogP contribution in [0.3, 0.4) is 0 Å². The van der Waals surface area contributed by atoms with Gasteiger partial charge in [0.05, 0.1) is 37.1 Å². The maximum atomic E-state index is 12.6. The van der Waals surface area contributed by atoms with Gasteiger partial charge >= 0.3 is 0 Å². The van der Waals surface area contributed by atoms with E-state index in [0.29, 0.717) is 13.0 Å². The summed E-state index contributed by atoms with van der Waals surface area (Å²) in [5.74, 6) is -2.63. The Hall–Kier alpha value is -2.22. The van der Waals surface area contributed by atoms with Crippen molar-refractivity contribution in [1.29, 1.82) is 0 Å². The molecule has 1 aromatic rings. The lowest BCUT2D eigenvalue weighted by Crippen LogP contribution is -2.26. The number of carbonyl (C=O) groups is 1. The molecule has 0 heterocycles. The maximum Gasteiger partial charge on any atom is 0.264 e. The minimum atomic E-state index is -4.26. The monoisotopic (exact) mass is 592 g/mol. The van der Waals surface area contributed by atoms with Gasteiger partial charge in [0.1, 0.15) is 0 Å². The number of rotatable bonds is 19. The summed E-state index contributed by atoms with van der Waals surface area (Å²) in [7, 11) is -12.8. The van der Waals surface area contributed by atoms with Gasteiger partial charge in [0.15, 0.2) is 11.5 Å². The van der Waals surface area contributed by atoms with Crippen LogP contribution in [0.5, 0.6) is 17.2 Å². The van der Waals surface area contributed by atoms with Crippen LogP contribution in [0.1, 0.15) is 36.0 Å². The molecule has 0 unspecified atom stereocenters. The van der Waals surface area contributed by atoms with Crippen LogP contribution >= 0.6 is 0 Å². The summed E-state index contributed by atoms with van der Waals surface area (Å²) in [6.45, 7) is -0.118. The van der Waals surface area contributed by atoms with E-state index in [0.717, 1.165) is 0 Å². The minimum Gasteiger partial charge on any atom is -0.489 e. The van der Waals surface area contributed by atoms with Gasteiger partial charge in [0.2, 0.25) is 5.75 Å². The third kappa shape index (κ3) is 15.6. The third-order valence-corrected chi connectivity index (χ3v) is 6.76. The zero-order valence-corrected chi connectivity index (χ0v) is 22.3. The zero-order chi connectivity index (χ0) is 28.1. The van der Waals surface area contributed by atoms with Crippen LogP contribution in [0.4, 0.5) is 0 Å². The average Bonchev–Trinajstić information content (AvgIpc) is 2.76. The van der Waals surface area contributed by atoms with Crippen molar-refractivity contribution in [3.8, 4) is 17.2 Å². The van der Waals surface area contributed by atoms with E-state index in [9.17, 15) is 30.0 Å². The second kappa shape index (κ2) is 15.3. The second-order valence-corrected chi connectivity index (χ2v) is 12.4. The summed E-state index contributed by atoms with van der Waals surface area (Å²) in [6.07, 6.45) is 0.111. The van der Waals surface area contributed by atoms with Crippen molar-refractivity contribution in [2.24, 2.45) is 5.73 Å². The first-order chi connectivity index (χ1) is 17.1. The van der Waals surface area contributed by atoms with E-state index in [-0.39, 0.29) is 68.4 Å². The van der Waals surface area contributed by atoms with Crippen molar-refractivity contribution in [2.45, 2.75) is 25.7 Å². The van der Waals surface area contributed by atoms with Gasteiger partial charge in [-0.2, -0.15) is 25.3 Å². The molecule has 1 rings (SSSR count). The summed E-state index contributed by atoms with van der Waals surface area (Å²) < 4.78 is 109. The van der Waals surface area contributed by atoms with Crippen LogP contribution in [0.2, 0.25) is 0 Å². The summed E-state index contributed by atoms with van der Waals surface area (Å²) >= 11 is 0. The molecule has 0 fully saturated rings. The van der Waals surface area contributed by atoms with Crippen LogP contribution in [0.25, 0.3) is 0 Å². The molecule has 0 aromatic heterocycles. The van der Waals surface area contributed by atoms with Gasteiger partial charge in [-0.3, -0.25) is 18.5 Å². The Morgan fingerprint density at radius 1 is 0.730 bits per heavy atom. The van der Waals surface area contributed by atoms with E-state index in [4.69, 9.17) is 33.6 Å². The fourth-order valence-electron chi connectivity index (χ4n) is 2.73. The molecule has 0 radical (unpaired) electrons. The average molecular weight is 593 g/mol. The fraction of sp³-hybridized carbons (Fsp3) is 0.632. The molecular formula is C19H32N2O13S3. The van der Waals surface area contributed by atoms with Crippen molar-refractivity contribution in [3.63, 3.8) is 0 Å². The van der Waals surface area contributed by atoms with E-state index >= 15 is 0 Å². The van der Waals surface area contributed by atoms with E-state index in [2.05, 4.69) is 5.32 Å². The maximum absolute atomic E-state index is 12.6. The standard InChI is InChI=1S/C19H32N2O13S3/c20-5-1-6-21-19(22)15-13-16(32-7-2-10-35(23,24)25)18(34-9-4-12-37(29,30)31)17(14-15)33-8-3-11-36(26,27)28/h13-14H,1-12,20H2,(H,21,22)(H,23,24,25)(H,26,27,28)(H,29,30,31). The molecule has 0 aliphatic rings. The van der Waals surface area contributed by atoms with Gasteiger partial charge in [0.25, 0.3) is 36.3 Å². The lowest BCUT2D eigenvalue weighted by atomic mass is 10.1. The highest BCUT2D eigenvalue weighted by molar-refractivity contribution is 7.86. The Labute approximate surface area is 215 Å². The lowest BCUT2D eigenvalue weighted by Gasteiger charge is -2.18. The summed E-state index contributed by atoms with van der Waals surface area (Å²) in [5, 5.41) is 2.63. The largest absolute Gasteiger partial charge is 0.489 e. The number of hydrogen-bond acceptors (Lipinski definition) is 11. The van der Waals surface area contributed by atoms with Crippen LogP contribution < -0.4 is 25.3 Å². The topological polar surface area (TPSA) is 246 Å². The SMILES string of the molecule is NCCCNC(=O)c1cc(OCCCS(=O)(=O)O)c(OCCCS(=O)(=O)O)c(OCCCS(=O)(=O)O)c1. The molecule has 214 valence electrons. The van der Waals surface area contributed by atoms with E-state index < -0.39 is 53.5 Å². The molecule has 0 aliphatic carbocycles. The van der Waals surface area contributed by atoms with Crippen LogP contribution in [0, 0.1) is 0 Å². The molecule has 0 atom stereocenters. The normalized spacial score (nSPS) is 12.2. The summed E-state index contributed by atoms with van der Waals surface area (Å²) in [6, 6.07) is 2.54. The Kier molecular flexibility index (Phi) is 13.5. The fourth-order valence-corrected chi connectivity index (χ4v) is 4.18. The Morgan fingerprint density at radius 3 is 1.51 bits per heavy atom. The Bertz CT molecular complexity index is 1140. The van der Waals surface area contributed by atoms with Gasteiger partial charge < -0.3 is 25.3 Å². The van der Waals surface area contributed by atoms with Crippen molar-refractivity contribution >= 4 is 36.3 Å². The molecule has 0 bridgehead atoms. The number of hydrogen-bond donors (Lipinski definition) is 5. The number of ether oxygens (including phenoxy) is 3. The van der Waals surface area contributed by atoms with Gasteiger partial charge in [-0.15, -0.1) is 0 Å².